The van der Waals surface area contributed by atoms with Crippen LogP contribution < -0.4 is 5.73 Å². The number of morpholine rings is 1. The third-order valence-corrected chi connectivity index (χ3v) is 2.36. The minimum Gasteiger partial charge on any atom is -0.372 e. The SMILES string of the molecule is CC(C)CN=C(N)N1CC(C)OC(C)C1. The highest BCUT2D eigenvalue weighted by Gasteiger charge is 2.23. The Hall–Kier alpha value is -0.770. The third-order valence-electron chi connectivity index (χ3n) is 2.36. The van der Waals surface area contributed by atoms with Gasteiger partial charge in [-0.2, -0.15) is 0 Å². The van der Waals surface area contributed by atoms with Gasteiger partial charge < -0.3 is 15.4 Å². The van der Waals surface area contributed by atoms with Crippen LogP contribution in [-0.2, 0) is 4.74 Å². The first-order valence-electron chi connectivity index (χ1n) is 5.69. The molecule has 15 heavy (non-hydrogen) atoms. The molecular formula is C11H23N3O. The summed E-state index contributed by atoms with van der Waals surface area (Å²) < 4.78 is 5.64. The summed E-state index contributed by atoms with van der Waals surface area (Å²) in [7, 11) is 0. The van der Waals surface area contributed by atoms with E-state index in [0.717, 1.165) is 19.6 Å². The van der Waals surface area contributed by atoms with Crippen LogP contribution in [0.3, 0.4) is 0 Å². The average molecular weight is 213 g/mol. The highest BCUT2D eigenvalue weighted by molar-refractivity contribution is 5.78. The van der Waals surface area contributed by atoms with E-state index in [1.807, 2.05) is 0 Å². The summed E-state index contributed by atoms with van der Waals surface area (Å²) in [5.74, 6) is 1.21. The van der Waals surface area contributed by atoms with E-state index in [0.29, 0.717) is 11.9 Å². The van der Waals surface area contributed by atoms with Gasteiger partial charge in [-0.3, -0.25) is 4.99 Å². The Morgan fingerprint density at radius 3 is 2.40 bits per heavy atom. The number of ether oxygens (including phenoxy) is 1. The van der Waals surface area contributed by atoms with Crippen LogP contribution in [0, 0.1) is 5.92 Å². The van der Waals surface area contributed by atoms with Crippen molar-refractivity contribution in [1.82, 2.24) is 4.90 Å². The number of rotatable bonds is 2. The summed E-state index contributed by atoms with van der Waals surface area (Å²) in [4.78, 5) is 6.49. The van der Waals surface area contributed by atoms with Gasteiger partial charge >= 0.3 is 0 Å². The molecule has 2 atom stereocenters. The molecule has 0 saturated carbocycles. The lowest BCUT2D eigenvalue weighted by atomic mass is 10.2. The molecule has 1 saturated heterocycles. The topological polar surface area (TPSA) is 50.8 Å². The van der Waals surface area contributed by atoms with Crippen LogP contribution in [0.15, 0.2) is 4.99 Å². The van der Waals surface area contributed by atoms with Crippen molar-refractivity contribution in [3.8, 4) is 0 Å². The molecule has 0 aromatic heterocycles. The number of hydrogen-bond donors (Lipinski definition) is 1. The molecule has 88 valence electrons. The molecular weight excluding hydrogens is 190 g/mol. The third kappa shape index (κ3) is 4.08. The zero-order valence-electron chi connectivity index (χ0n) is 10.2. The average Bonchev–Trinajstić information content (AvgIpc) is 2.12. The van der Waals surface area contributed by atoms with Gasteiger partial charge in [0.05, 0.1) is 12.2 Å². The maximum atomic E-state index is 5.94. The lowest BCUT2D eigenvalue weighted by Crippen LogP contribution is -2.51. The fraction of sp³-hybridized carbons (Fsp3) is 0.909. The number of guanidine groups is 1. The molecule has 0 aromatic rings. The van der Waals surface area contributed by atoms with Crippen molar-refractivity contribution in [3.63, 3.8) is 0 Å². The molecule has 0 radical (unpaired) electrons. The van der Waals surface area contributed by atoms with Gasteiger partial charge in [0.25, 0.3) is 0 Å². The van der Waals surface area contributed by atoms with Crippen molar-refractivity contribution >= 4 is 5.96 Å². The minimum absolute atomic E-state index is 0.238. The molecule has 2 unspecified atom stereocenters. The molecule has 4 nitrogen and oxygen atoms in total. The van der Waals surface area contributed by atoms with Crippen molar-refractivity contribution < 1.29 is 4.74 Å². The molecule has 0 aliphatic carbocycles. The number of nitrogens with zero attached hydrogens (tertiary/aromatic N) is 2. The van der Waals surface area contributed by atoms with Crippen molar-refractivity contribution in [2.24, 2.45) is 16.6 Å². The molecule has 1 heterocycles. The van der Waals surface area contributed by atoms with Crippen molar-refractivity contribution in [1.29, 1.82) is 0 Å². The monoisotopic (exact) mass is 213 g/mol. The summed E-state index contributed by atoms with van der Waals surface area (Å²) in [5.41, 5.74) is 5.94. The van der Waals surface area contributed by atoms with Crippen LogP contribution in [-0.4, -0.2) is 42.7 Å². The van der Waals surface area contributed by atoms with Crippen LogP contribution in [0.2, 0.25) is 0 Å². The van der Waals surface area contributed by atoms with Crippen LogP contribution in [0.1, 0.15) is 27.7 Å². The van der Waals surface area contributed by atoms with E-state index < -0.39 is 0 Å². The summed E-state index contributed by atoms with van der Waals surface area (Å²) in [5, 5.41) is 0. The second kappa shape index (κ2) is 5.35. The van der Waals surface area contributed by atoms with E-state index >= 15 is 0 Å². The van der Waals surface area contributed by atoms with Gasteiger partial charge in [0.15, 0.2) is 5.96 Å². The van der Waals surface area contributed by atoms with Gasteiger partial charge in [-0.05, 0) is 19.8 Å². The van der Waals surface area contributed by atoms with E-state index in [1.54, 1.807) is 0 Å². The van der Waals surface area contributed by atoms with Crippen LogP contribution in [0.5, 0.6) is 0 Å². The molecule has 1 aliphatic rings. The van der Waals surface area contributed by atoms with Gasteiger partial charge in [-0.1, -0.05) is 13.8 Å². The smallest absolute Gasteiger partial charge is 0.191 e. The van der Waals surface area contributed by atoms with E-state index in [-0.39, 0.29) is 12.2 Å². The lowest BCUT2D eigenvalue weighted by molar-refractivity contribution is -0.0484. The number of hydrogen-bond acceptors (Lipinski definition) is 2. The van der Waals surface area contributed by atoms with Gasteiger partial charge in [-0.25, -0.2) is 0 Å². The molecule has 0 spiro atoms. The van der Waals surface area contributed by atoms with Crippen molar-refractivity contribution in [2.75, 3.05) is 19.6 Å². The first kappa shape index (κ1) is 12.3. The fourth-order valence-corrected chi connectivity index (χ4v) is 1.74. The predicted molar refractivity (Wildman–Crippen MR) is 62.9 cm³/mol. The Labute approximate surface area is 92.5 Å². The molecule has 0 aromatic carbocycles. The number of aliphatic imine (C=N–C) groups is 1. The normalized spacial score (nSPS) is 28.6. The quantitative estimate of drug-likeness (QED) is 0.551. The molecule has 0 bridgehead atoms. The Morgan fingerprint density at radius 2 is 1.93 bits per heavy atom. The largest absolute Gasteiger partial charge is 0.372 e. The molecule has 1 fully saturated rings. The molecule has 2 N–H and O–H groups in total. The van der Waals surface area contributed by atoms with Crippen LogP contribution >= 0.6 is 0 Å². The van der Waals surface area contributed by atoms with Gasteiger partial charge in [-0.15, -0.1) is 0 Å². The summed E-state index contributed by atoms with van der Waals surface area (Å²) in [6.07, 6.45) is 0.475. The van der Waals surface area contributed by atoms with E-state index in [2.05, 4.69) is 37.6 Å². The molecule has 1 rings (SSSR count). The minimum atomic E-state index is 0.238. The van der Waals surface area contributed by atoms with Crippen molar-refractivity contribution in [3.05, 3.63) is 0 Å². The Balaban J connectivity index is 2.51. The summed E-state index contributed by atoms with van der Waals surface area (Å²) in [6, 6.07) is 0. The fourth-order valence-electron chi connectivity index (χ4n) is 1.74. The predicted octanol–water partition coefficient (Wildman–Crippen LogP) is 1.07. The van der Waals surface area contributed by atoms with Crippen molar-refractivity contribution in [2.45, 2.75) is 39.9 Å². The highest BCUT2D eigenvalue weighted by Crippen LogP contribution is 2.10. The molecule has 4 heteroatoms. The Kier molecular flexibility index (Phi) is 4.39. The van der Waals surface area contributed by atoms with E-state index in [9.17, 15) is 0 Å². The first-order valence-corrected chi connectivity index (χ1v) is 5.69. The lowest BCUT2D eigenvalue weighted by Gasteiger charge is -2.36. The van der Waals surface area contributed by atoms with Gasteiger partial charge in [0, 0.05) is 19.6 Å². The first-order chi connectivity index (χ1) is 6.99. The highest BCUT2D eigenvalue weighted by atomic mass is 16.5. The Morgan fingerprint density at radius 1 is 1.40 bits per heavy atom. The zero-order valence-corrected chi connectivity index (χ0v) is 10.2. The van der Waals surface area contributed by atoms with E-state index in [1.165, 1.54) is 0 Å². The maximum Gasteiger partial charge on any atom is 0.191 e. The number of nitrogens with two attached hydrogens (primary N) is 1. The van der Waals surface area contributed by atoms with Gasteiger partial charge in [0.1, 0.15) is 0 Å². The molecule has 0 amide bonds. The van der Waals surface area contributed by atoms with Crippen LogP contribution in [0.4, 0.5) is 0 Å². The zero-order chi connectivity index (χ0) is 11.4. The second-order valence-electron chi connectivity index (χ2n) is 4.76. The standard InChI is InChI=1S/C11H23N3O/c1-8(2)5-13-11(12)14-6-9(3)15-10(4)7-14/h8-10H,5-7H2,1-4H3,(H2,12,13). The van der Waals surface area contributed by atoms with E-state index in [4.69, 9.17) is 10.5 Å². The van der Waals surface area contributed by atoms with Crippen LogP contribution in [0.25, 0.3) is 0 Å². The Bertz CT molecular complexity index is 218. The summed E-state index contributed by atoms with van der Waals surface area (Å²) >= 11 is 0. The van der Waals surface area contributed by atoms with Gasteiger partial charge in [0.2, 0.25) is 0 Å². The summed E-state index contributed by atoms with van der Waals surface area (Å²) in [6.45, 7) is 10.9. The second-order valence-corrected chi connectivity index (χ2v) is 4.76. The maximum absolute atomic E-state index is 5.94. The molecule has 1 aliphatic heterocycles.